The summed E-state index contributed by atoms with van der Waals surface area (Å²) >= 11 is 1.74. The second kappa shape index (κ2) is 9.78. The minimum absolute atomic E-state index is 0.174. The van der Waals surface area contributed by atoms with Crippen molar-refractivity contribution < 1.29 is 9.13 Å². The highest BCUT2D eigenvalue weighted by atomic mass is 32.2. The summed E-state index contributed by atoms with van der Waals surface area (Å²) in [5.41, 5.74) is 6.55. The highest BCUT2D eigenvalue weighted by molar-refractivity contribution is 8.14. The number of aliphatic imine (C=N–C) groups is 1. The summed E-state index contributed by atoms with van der Waals surface area (Å²) in [6.07, 6.45) is 1.66. The third-order valence-electron chi connectivity index (χ3n) is 5.91. The number of amidine groups is 1. The average Bonchev–Trinajstić information content (AvgIpc) is 3.51. The van der Waals surface area contributed by atoms with Crippen LogP contribution in [0.1, 0.15) is 36.6 Å². The Bertz CT molecular complexity index is 1390. The Hall–Kier alpha value is -3.65. The summed E-state index contributed by atoms with van der Waals surface area (Å²) in [6, 6.07) is 21.8. The fraction of sp³-hybridized carbons (Fsp3) is 0.250. The monoisotopic (exact) mass is 501 g/mol. The number of thioether (sulfide) groups is 1. The summed E-state index contributed by atoms with van der Waals surface area (Å²) in [4.78, 5) is 9.32. The Labute approximate surface area is 214 Å². The SMILES string of the molecule is Cc1ccc(C2CSC(Nc3ccc(-c4ncn(-c5ccc(OC(C)(C)F)cc5)n4)cc3)=N2)cc1C. The molecule has 1 aromatic heterocycles. The second-order valence-corrected chi connectivity index (χ2v) is 10.3. The van der Waals surface area contributed by atoms with Crippen LogP contribution in [-0.4, -0.2) is 31.5 Å². The van der Waals surface area contributed by atoms with Crippen LogP contribution in [0.3, 0.4) is 0 Å². The van der Waals surface area contributed by atoms with E-state index in [9.17, 15) is 4.39 Å². The van der Waals surface area contributed by atoms with Gasteiger partial charge in [-0.25, -0.2) is 9.67 Å². The van der Waals surface area contributed by atoms with Gasteiger partial charge >= 0.3 is 0 Å². The molecule has 1 aliphatic heterocycles. The van der Waals surface area contributed by atoms with Crippen LogP contribution in [-0.2, 0) is 0 Å². The molecule has 1 aliphatic rings. The van der Waals surface area contributed by atoms with Crippen molar-refractivity contribution in [1.29, 1.82) is 0 Å². The fourth-order valence-electron chi connectivity index (χ4n) is 3.88. The summed E-state index contributed by atoms with van der Waals surface area (Å²) in [5.74, 6) is 0.283. The summed E-state index contributed by atoms with van der Waals surface area (Å²) in [5, 5.41) is 8.94. The summed E-state index contributed by atoms with van der Waals surface area (Å²) in [6.45, 7) is 7.01. The van der Waals surface area contributed by atoms with E-state index in [4.69, 9.17) is 9.73 Å². The molecule has 1 atom stereocenters. The number of alkyl halides is 1. The van der Waals surface area contributed by atoms with Crippen molar-refractivity contribution in [3.05, 3.63) is 89.7 Å². The van der Waals surface area contributed by atoms with Gasteiger partial charge in [0.2, 0.25) is 5.85 Å². The number of nitrogens with zero attached hydrogens (tertiary/aromatic N) is 4. The lowest BCUT2D eigenvalue weighted by Crippen LogP contribution is -2.20. The molecule has 0 aliphatic carbocycles. The molecule has 0 fully saturated rings. The number of benzene rings is 3. The normalized spacial score (nSPS) is 15.6. The van der Waals surface area contributed by atoms with Crippen molar-refractivity contribution in [2.24, 2.45) is 4.99 Å². The first kappa shape index (κ1) is 24.1. The maximum atomic E-state index is 13.7. The van der Waals surface area contributed by atoms with Crippen LogP contribution in [0.5, 0.6) is 5.75 Å². The van der Waals surface area contributed by atoms with Gasteiger partial charge in [-0.15, -0.1) is 5.10 Å². The third-order valence-corrected chi connectivity index (χ3v) is 6.88. The van der Waals surface area contributed by atoms with Crippen LogP contribution in [0, 0.1) is 13.8 Å². The molecule has 0 amide bonds. The number of nitrogens with one attached hydrogen (secondary N) is 1. The van der Waals surface area contributed by atoms with Crippen LogP contribution in [0.2, 0.25) is 0 Å². The quantitative estimate of drug-likeness (QED) is 0.312. The van der Waals surface area contributed by atoms with Gasteiger partial charge in [-0.05, 0) is 79.1 Å². The van der Waals surface area contributed by atoms with E-state index < -0.39 is 5.85 Å². The molecule has 6 nitrogen and oxygen atoms in total. The fourth-order valence-corrected chi connectivity index (χ4v) is 4.85. The Kier molecular flexibility index (Phi) is 6.53. The van der Waals surface area contributed by atoms with Crippen molar-refractivity contribution in [1.82, 2.24) is 14.8 Å². The van der Waals surface area contributed by atoms with Gasteiger partial charge in [-0.1, -0.05) is 30.0 Å². The zero-order valence-corrected chi connectivity index (χ0v) is 21.5. The van der Waals surface area contributed by atoms with E-state index in [1.807, 2.05) is 36.4 Å². The van der Waals surface area contributed by atoms with Crippen molar-refractivity contribution in [3.8, 4) is 22.8 Å². The predicted molar refractivity (Wildman–Crippen MR) is 145 cm³/mol. The zero-order valence-electron chi connectivity index (χ0n) is 20.7. The van der Waals surface area contributed by atoms with Gasteiger partial charge in [0, 0.05) is 30.9 Å². The van der Waals surface area contributed by atoms with E-state index >= 15 is 0 Å². The van der Waals surface area contributed by atoms with Crippen molar-refractivity contribution in [3.63, 3.8) is 0 Å². The minimum atomic E-state index is -1.73. The number of halogens is 1. The number of anilines is 1. The first-order valence-corrected chi connectivity index (χ1v) is 12.8. The number of aromatic nitrogens is 3. The maximum Gasteiger partial charge on any atom is 0.242 e. The Morgan fingerprint density at radius 3 is 2.44 bits per heavy atom. The lowest BCUT2D eigenvalue weighted by molar-refractivity contribution is -0.0257. The highest BCUT2D eigenvalue weighted by Crippen LogP contribution is 2.32. The summed E-state index contributed by atoms with van der Waals surface area (Å²) < 4.78 is 20.6. The van der Waals surface area contributed by atoms with Gasteiger partial charge in [-0.3, -0.25) is 4.99 Å². The molecular weight excluding hydrogens is 473 g/mol. The summed E-state index contributed by atoms with van der Waals surface area (Å²) in [7, 11) is 0. The van der Waals surface area contributed by atoms with Crippen LogP contribution in [0.15, 0.2) is 78.0 Å². The second-order valence-electron chi connectivity index (χ2n) is 9.28. The molecule has 1 N–H and O–H groups in total. The van der Waals surface area contributed by atoms with Gasteiger partial charge < -0.3 is 10.1 Å². The predicted octanol–water partition coefficient (Wildman–Crippen LogP) is 6.89. The van der Waals surface area contributed by atoms with Gasteiger partial charge in [0.25, 0.3) is 0 Å². The van der Waals surface area contributed by atoms with E-state index in [2.05, 4.69) is 47.4 Å². The Morgan fingerprint density at radius 2 is 1.75 bits per heavy atom. The third kappa shape index (κ3) is 5.60. The molecule has 0 bridgehead atoms. The number of rotatable bonds is 6. The molecule has 5 rings (SSSR count). The maximum absolute atomic E-state index is 13.7. The Balaban J connectivity index is 1.24. The van der Waals surface area contributed by atoms with Crippen LogP contribution < -0.4 is 10.1 Å². The topological polar surface area (TPSA) is 64.3 Å². The van der Waals surface area contributed by atoms with E-state index in [1.165, 1.54) is 30.5 Å². The van der Waals surface area contributed by atoms with Gasteiger partial charge in [0.1, 0.15) is 12.1 Å². The highest BCUT2D eigenvalue weighted by Gasteiger charge is 2.21. The van der Waals surface area contributed by atoms with Crippen LogP contribution in [0.25, 0.3) is 17.1 Å². The largest absolute Gasteiger partial charge is 0.459 e. The zero-order chi connectivity index (χ0) is 25.3. The molecule has 1 unspecified atom stereocenters. The molecule has 8 heteroatoms. The van der Waals surface area contributed by atoms with Crippen LogP contribution >= 0.6 is 11.8 Å². The standard InChI is InChI=1S/C28H28FN5OS/c1-18-5-6-21(15-19(18)2)25-16-36-27(32-25)31-22-9-7-20(8-10-22)26-30-17-34(33-26)23-11-13-24(14-12-23)35-28(3,4)29/h5-15,17,25H,16H2,1-4H3,(H,31,32). The van der Waals surface area contributed by atoms with Gasteiger partial charge in [-0.2, -0.15) is 4.39 Å². The van der Waals surface area contributed by atoms with E-state index in [0.29, 0.717) is 11.6 Å². The molecule has 3 aromatic carbocycles. The first-order valence-electron chi connectivity index (χ1n) is 11.8. The number of hydrogen-bond donors (Lipinski definition) is 1. The average molecular weight is 502 g/mol. The van der Waals surface area contributed by atoms with E-state index in [-0.39, 0.29) is 6.04 Å². The van der Waals surface area contributed by atoms with Crippen molar-refractivity contribution in [2.45, 2.75) is 39.6 Å². The molecular formula is C28H28FN5OS. The van der Waals surface area contributed by atoms with E-state index in [0.717, 1.165) is 27.9 Å². The molecule has 4 aromatic rings. The number of hydrogen-bond acceptors (Lipinski definition) is 6. The van der Waals surface area contributed by atoms with Gasteiger partial charge in [0.15, 0.2) is 11.0 Å². The molecule has 0 spiro atoms. The molecule has 36 heavy (non-hydrogen) atoms. The molecule has 0 saturated heterocycles. The smallest absolute Gasteiger partial charge is 0.242 e. The first-order chi connectivity index (χ1) is 17.2. The molecule has 2 heterocycles. The molecule has 0 saturated carbocycles. The molecule has 184 valence electrons. The van der Waals surface area contributed by atoms with Gasteiger partial charge in [0.05, 0.1) is 11.7 Å². The number of ether oxygens (including phenoxy) is 1. The van der Waals surface area contributed by atoms with Crippen LogP contribution in [0.4, 0.5) is 10.1 Å². The Morgan fingerprint density at radius 1 is 1.00 bits per heavy atom. The molecule has 0 radical (unpaired) electrons. The van der Waals surface area contributed by atoms with Crippen molar-refractivity contribution >= 4 is 22.6 Å². The lowest BCUT2D eigenvalue weighted by atomic mass is 10.0. The van der Waals surface area contributed by atoms with E-state index in [1.54, 1.807) is 34.9 Å². The minimum Gasteiger partial charge on any atom is -0.459 e. The van der Waals surface area contributed by atoms with Crippen molar-refractivity contribution in [2.75, 3.05) is 11.1 Å². The number of aryl methyl sites for hydroxylation is 2. The lowest BCUT2D eigenvalue weighted by Gasteiger charge is -2.17.